The van der Waals surface area contributed by atoms with Crippen LogP contribution >= 0.6 is 0 Å². The molecule has 0 spiro atoms. The molecular formula is C12H21N2O2. The smallest absolute Gasteiger partial charge is 0.224 e. The first kappa shape index (κ1) is 13.0. The molecule has 1 rings (SSSR count). The van der Waals surface area contributed by atoms with E-state index >= 15 is 0 Å². The lowest BCUT2D eigenvalue weighted by atomic mass is 10.1. The molecule has 1 atom stereocenters. The summed E-state index contributed by atoms with van der Waals surface area (Å²) in [6.45, 7) is 7.69. The van der Waals surface area contributed by atoms with Gasteiger partial charge in [-0.15, -0.1) is 0 Å². The third-order valence-electron chi connectivity index (χ3n) is 3.14. The van der Waals surface area contributed by atoms with Crippen molar-refractivity contribution in [3.05, 3.63) is 6.42 Å². The van der Waals surface area contributed by atoms with Gasteiger partial charge in [-0.1, -0.05) is 0 Å². The Labute approximate surface area is 97.6 Å². The average molecular weight is 225 g/mol. The van der Waals surface area contributed by atoms with Crippen LogP contribution in [0.4, 0.5) is 0 Å². The van der Waals surface area contributed by atoms with E-state index in [-0.39, 0.29) is 17.9 Å². The van der Waals surface area contributed by atoms with Crippen molar-refractivity contribution in [2.45, 2.75) is 39.7 Å². The maximum Gasteiger partial charge on any atom is 0.224 e. The number of rotatable bonds is 4. The van der Waals surface area contributed by atoms with E-state index in [4.69, 9.17) is 0 Å². The average Bonchev–Trinajstić information content (AvgIpc) is 2.67. The molecule has 0 bridgehead atoms. The molecule has 0 N–H and O–H groups in total. The molecule has 1 heterocycles. The van der Waals surface area contributed by atoms with Gasteiger partial charge in [0.25, 0.3) is 0 Å². The third-order valence-corrected chi connectivity index (χ3v) is 3.14. The molecule has 1 aliphatic heterocycles. The fourth-order valence-electron chi connectivity index (χ4n) is 2.17. The van der Waals surface area contributed by atoms with E-state index in [1.165, 1.54) is 0 Å². The Balaban J connectivity index is 2.53. The normalized spacial score (nSPS) is 19.9. The van der Waals surface area contributed by atoms with Gasteiger partial charge in [-0.05, 0) is 26.7 Å². The van der Waals surface area contributed by atoms with Crippen LogP contribution in [0, 0.1) is 6.42 Å². The van der Waals surface area contributed by atoms with Crippen molar-refractivity contribution in [1.82, 2.24) is 9.80 Å². The fraction of sp³-hybridized carbons (Fsp3) is 0.750. The minimum atomic E-state index is 0.0612. The zero-order valence-corrected chi connectivity index (χ0v) is 10.4. The van der Waals surface area contributed by atoms with Gasteiger partial charge in [-0.25, -0.2) is 0 Å². The third kappa shape index (κ3) is 2.97. The zero-order valence-electron chi connectivity index (χ0n) is 10.4. The van der Waals surface area contributed by atoms with Crippen LogP contribution in [0.5, 0.6) is 0 Å². The molecule has 0 aromatic heterocycles. The van der Waals surface area contributed by atoms with Gasteiger partial charge in [0.2, 0.25) is 11.8 Å². The van der Waals surface area contributed by atoms with E-state index < -0.39 is 0 Å². The van der Waals surface area contributed by atoms with Crippen molar-refractivity contribution in [1.29, 1.82) is 0 Å². The van der Waals surface area contributed by atoms with Gasteiger partial charge in [-0.3, -0.25) is 9.59 Å². The summed E-state index contributed by atoms with van der Waals surface area (Å²) in [6.07, 6.45) is 3.37. The lowest BCUT2D eigenvalue weighted by molar-refractivity contribution is -0.134. The number of hydrogen-bond donors (Lipinski definition) is 0. The lowest BCUT2D eigenvalue weighted by Crippen LogP contribution is -2.39. The highest BCUT2D eigenvalue weighted by Crippen LogP contribution is 2.20. The predicted molar refractivity (Wildman–Crippen MR) is 62.6 cm³/mol. The Bertz CT molecular complexity index is 262. The first-order valence-corrected chi connectivity index (χ1v) is 5.96. The quantitative estimate of drug-likeness (QED) is 0.718. The van der Waals surface area contributed by atoms with Gasteiger partial charge in [0.15, 0.2) is 0 Å². The van der Waals surface area contributed by atoms with E-state index in [2.05, 4.69) is 6.42 Å². The monoisotopic (exact) mass is 225 g/mol. The number of carbonyl (C=O) groups excluding carboxylic acids is 2. The van der Waals surface area contributed by atoms with Crippen LogP contribution in [-0.4, -0.2) is 47.3 Å². The summed E-state index contributed by atoms with van der Waals surface area (Å²) in [5, 5.41) is 0. The summed E-state index contributed by atoms with van der Waals surface area (Å²) in [6, 6.07) is 0.0746. The Morgan fingerprint density at radius 1 is 1.38 bits per heavy atom. The van der Waals surface area contributed by atoms with E-state index in [1.54, 1.807) is 11.8 Å². The largest absolute Gasteiger partial charge is 0.343 e. The summed E-state index contributed by atoms with van der Waals surface area (Å²) >= 11 is 0. The molecule has 0 aromatic carbocycles. The highest BCUT2D eigenvalue weighted by atomic mass is 16.2. The molecule has 1 saturated heterocycles. The fourth-order valence-corrected chi connectivity index (χ4v) is 2.17. The zero-order chi connectivity index (χ0) is 12.1. The Morgan fingerprint density at radius 2 is 2.00 bits per heavy atom. The molecule has 0 aliphatic carbocycles. The second-order valence-corrected chi connectivity index (χ2v) is 4.12. The number of likely N-dealkylation sites (tertiary alicyclic amines) is 1. The van der Waals surface area contributed by atoms with E-state index in [9.17, 15) is 9.59 Å². The van der Waals surface area contributed by atoms with Crippen LogP contribution in [0.15, 0.2) is 0 Å². The van der Waals surface area contributed by atoms with Crippen molar-refractivity contribution in [3.8, 4) is 0 Å². The number of nitrogens with zero attached hydrogens (tertiary/aromatic N) is 2. The van der Waals surface area contributed by atoms with E-state index in [0.29, 0.717) is 13.0 Å². The van der Waals surface area contributed by atoms with Gasteiger partial charge in [0.1, 0.15) is 0 Å². The number of carbonyl (C=O) groups is 2. The van der Waals surface area contributed by atoms with Gasteiger partial charge in [0.05, 0.1) is 0 Å². The van der Waals surface area contributed by atoms with Crippen molar-refractivity contribution in [3.63, 3.8) is 0 Å². The van der Waals surface area contributed by atoms with Gasteiger partial charge >= 0.3 is 0 Å². The molecule has 1 fully saturated rings. The highest BCUT2D eigenvalue weighted by Gasteiger charge is 2.29. The molecule has 1 radical (unpaired) electrons. The standard InChI is InChI=1S/C12H21N2O2/c1-4-13(5-2)12(16)9-11-7-6-8-14(11)10(3)15/h6,11H,4-5,7-9H2,1-3H3. The van der Waals surface area contributed by atoms with Crippen molar-refractivity contribution < 1.29 is 9.59 Å². The molecule has 0 aromatic rings. The second kappa shape index (κ2) is 5.87. The summed E-state index contributed by atoms with van der Waals surface area (Å²) in [5.74, 6) is 0.211. The lowest BCUT2D eigenvalue weighted by Gasteiger charge is -2.26. The Kier molecular flexibility index (Phi) is 4.77. The molecule has 1 aliphatic rings. The maximum atomic E-state index is 11.9. The molecule has 2 amide bonds. The van der Waals surface area contributed by atoms with Crippen LogP contribution in [-0.2, 0) is 9.59 Å². The molecular weight excluding hydrogens is 204 g/mol. The summed E-state index contributed by atoms with van der Waals surface area (Å²) in [5.41, 5.74) is 0. The van der Waals surface area contributed by atoms with Gasteiger partial charge < -0.3 is 9.80 Å². The SMILES string of the molecule is CCN(CC)C(=O)CC1C[CH]CN1C(C)=O. The summed E-state index contributed by atoms with van der Waals surface area (Å²) in [4.78, 5) is 26.8. The van der Waals surface area contributed by atoms with Crippen LogP contribution in [0.25, 0.3) is 0 Å². The van der Waals surface area contributed by atoms with E-state index in [1.807, 2.05) is 18.7 Å². The second-order valence-electron chi connectivity index (χ2n) is 4.12. The topological polar surface area (TPSA) is 40.6 Å². The predicted octanol–water partition coefficient (Wildman–Crippen LogP) is 1.07. The Morgan fingerprint density at radius 3 is 2.50 bits per heavy atom. The van der Waals surface area contributed by atoms with Gasteiger partial charge in [-0.2, -0.15) is 0 Å². The molecule has 0 saturated carbocycles. The van der Waals surface area contributed by atoms with Crippen molar-refractivity contribution in [2.75, 3.05) is 19.6 Å². The molecule has 1 unspecified atom stereocenters. The highest BCUT2D eigenvalue weighted by molar-refractivity contribution is 5.79. The minimum Gasteiger partial charge on any atom is -0.343 e. The van der Waals surface area contributed by atoms with Crippen LogP contribution < -0.4 is 0 Å². The summed E-state index contributed by atoms with van der Waals surface area (Å²) < 4.78 is 0. The molecule has 16 heavy (non-hydrogen) atoms. The van der Waals surface area contributed by atoms with Crippen LogP contribution in [0.1, 0.15) is 33.6 Å². The maximum absolute atomic E-state index is 11.9. The Hall–Kier alpha value is -1.06. The van der Waals surface area contributed by atoms with Crippen LogP contribution in [0.3, 0.4) is 0 Å². The number of amides is 2. The van der Waals surface area contributed by atoms with E-state index in [0.717, 1.165) is 19.5 Å². The minimum absolute atomic E-state index is 0.0612. The van der Waals surface area contributed by atoms with Crippen molar-refractivity contribution in [2.24, 2.45) is 0 Å². The molecule has 4 heteroatoms. The first-order chi connectivity index (χ1) is 7.60. The van der Waals surface area contributed by atoms with Crippen LogP contribution in [0.2, 0.25) is 0 Å². The van der Waals surface area contributed by atoms with Crippen molar-refractivity contribution >= 4 is 11.8 Å². The van der Waals surface area contributed by atoms with Gasteiger partial charge in [0, 0.05) is 39.0 Å². The molecule has 4 nitrogen and oxygen atoms in total. The first-order valence-electron chi connectivity index (χ1n) is 5.96. The summed E-state index contributed by atoms with van der Waals surface area (Å²) in [7, 11) is 0. The number of hydrogen-bond acceptors (Lipinski definition) is 2. The molecule has 91 valence electrons.